The number of carbonyl (C=O) groups is 1. The van der Waals surface area contributed by atoms with Crippen LogP contribution in [0.5, 0.6) is 5.75 Å². The average Bonchev–Trinajstić information content (AvgIpc) is 2.65. The van der Waals surface area contributed by atoms with Gasteiger partial charge in [-0.3, -0.25) is 9.10 Å². The van der Waals surface area contributed by atoms with Gasteiger partial charge in [-0.25, -0.2) is 8.42 Å². The molecule has 0 radical (unpaired) electrons. The van der Waals surface area contributed by atoms with E-state index in [1.165, 1.54) is 10.4 Å². The summed E-state index contributed by atoms with van der Waals surface area (Å²) in [5.74, 6) is 0.448. The summed E-state index contributed by atoms with van der Waals surface area (Å²) in [5, 5.41) is 2.92. The quantitative estimate of drug-likeness (QED) is 0.705. The molecule has 0 aliphatic heterocycles. The topological polar surface area (TPSA) is 75.7 Å². The maximum absolute atomic E-state index is 12.5. The Balaban J connectivity index is 2.17. The summed E-state index contributed by atoms with van der Waals surface area (Å²) >= 11 is 0. The molecule has 1 amide bonds. The Morgan fingerprint density at radius 2 is 1.85 bits per heavy atom. The van der Waals surface area contributed by atoms with Crippen LogP contribution in [0.15, 0.2) is 61.2 Å². The molecule has 0 spiro atoms. The fraction of sp³-hybridized carbons (Fsp3) is 0.250. The van der Waals surface area contributed by atoms with Crippen LogP contribution in [0.3, 0.4) is 0 Å². The molecule has 6 nitrogen and oxygen atoms in total. The highest BCUT2D eigenvalue weighted by atomic mass is 32.2. The monoisotopic (exact) mass is 388 g/mol. The van der Waals surface area contributed by atoms with Gasteiger partial charge in [0.15, 0.2) is 0 Å². The molecule has 2 aromatic rings. The van der Waals surface area contributed by atoms with Gasteiger partial charge in [-0.2, -0.15) is 0 Å². The summed E-state index contributed by atoms with van der Waals surface area (Å²) < 4.78 is 30.3. The van der Waals surface area contributed by atoms with E-state index in [0.717, 1.165) is 11.8 Å². The fourth-order valence-corrected chi connectivity index (χ4v) is 3.59. The Kier molecular flexibility index (Phi) is 6.63. The van der Waals surface area contributed by atoms with E-state index >= 15 is 0 Å². The van der Waals surface area contributed by atoms with Crippen molar-refractivity contribution in [2.75, 3.05) is 24.2 Å². The van der Waals surface area contributed by atoms with Gasteiger partial charge in [0, 0.05) is 11.1 Å². The van der Waals surface area contributed by atoms with Crippen LogP contribution in [0.1, 0.15) is 28.9 Å². The van der Waals surface area contributed by atoms with E-state index in [1.807, 2.05) is 31.2 Å². The maximum atomic E-state index is 12.5. The van der Waals surface area contributed by atoms with Gasteiger partial charge in [0.25, 0.3) is 5.91 Å². The summed E-state index contributed by atoms with van der Waals surface area (Å²) in [5.41, 5.74) is 1.79. The van der Waals surface area contributed by atoms with E-state index in [0.29, 0.717) is 17.0 Å². The lowest BCUT2D eigenvalue weighted by Gasteiger charge is -2.21. The van der Waals surface area contributed by atoms with E-state index in [1.54, 1.807) is 31.4 Å². The van der Waals surface area contributed by atoms with Crippen molar-refractivity contribution in [3.63, 3.8) is 0 Å². The SMILES string of the molecule is C=CCN(c1ccc(C(=O)N[C@@H](C)c2ccccc2OC)cc1)S(C)(=O)=O. The zero-order valence-electron chi connectivity index (χ0n) is 15.7. The number of methoxy groups -OCH3 is 1. The van der Waals surface area contributed by atoms with Crippen LogP contribution in [0.2, 0.25) is 0 Å². The number of anilines is 1. The van der Waals surface area contributed by atoms with E-state index < -0.39 is 10.0 Å². The molecule has 144 valence electrons. The van der Waals surface area contributed by atoms with Crippen molar-refractivity contribution in [1.29, 1.82) is 0 Å². The first-order chi connectivity index (χ1) is 12.8. The smallest absolute Gasteiger partial charge is 0.251 e. The molecular weight excluding hydrogens is 364 g/mol. The lowest BCUT2D eigenvalue weighted by molar-refractivity contribution is 0.0939. The molecule has 1 N–H and O–H groups in total. The Morgan fingerprint density at radius 1 is 1.22 bits per heavy atom. The summed E-state index contributed by atoms with van der Waals surface area (Å²) in [6.45, 7) is 5.62. The number of hydrogen-bond acceptors (Lipinski definition) is 4. The molecule has 0 heterocycles. The lowest BCUT2D eigenvalue weighted by Crippen LogP contribution is -2.30. The molecule has 1 atom stereocenters. The van der Waals surface area contributed by atoms with Gasteiger partial charge in [0.2, 0.25) is 10.0 Å². The van der Waals surface area contributed by atoms with Gasteiger partial charge >= 0.3 is 0 Å². The molecule has 0 saturated heterocycles. The molecule has 0 bridgehead atoms. The first-order valence-electron chi connectivity index (χ1n) is 8.40. The number of nitrogens with zero attached hydrogens (tertiary/aromatic N) is 1. The highest BCUT2D eigenvalue weighted by Gasteiger charge is 2.18. The number of para-hydroxylation sites is 1. The number of rotatable bonds is 8. The third kappa shape index (κ3) is 5.10. The average molecular weight is 388 g/mol. The molecule has 2 rings (SSSR count). The van der Waals surface area contributed by atoms with E-state index in [-0.39, 0.29) is 18.5 Å². The predicted octanol–water partition coefficient (Wildman–Crippen LogP) is 3.14. The number of amides is 1. The first-order valence-corrected chi connectivity index (χ1v) is 10.2. The first kappa shape index (κ1) is 20.5. The third-order valence-electron chi connectivity index (χ3n) is 4.07. The predicted molar refractivity (Wildman–Crippen MR) is 108 cm³/mol. The van der Waals surface area contributed by atoms with Gasteiger partial charge in [0.1, 0.15) is 5.75 Å². The highest BCUT2D eigenvalue weighted by molar-refractivity contribution is 7.92. The van der Waals surface area contributed by atoms with Crippen LogP contribution < -0.4 is 14.4 Å². The molecule has 7 heteroatoms. The summed E-state index contributed by atoms with van der Waals surface area (Å²) in [7, 11) is -1.84. The van der Waals surface area contributed by atoms with Crippen molar-refractivity contribution in [2.45, 2.75) is 13.0 Å². The number of hydrogen-bond donors (Lipinski definition) is 1. The minimum absolute atomic E-state index is 0.162. The lowest BCUT2D eigenvalue weighted by atomic mass is 10.1. The van der Waals surface area contributed by atoms with Crippen LogP contribution >= 0.6 is 0 Å². The van der Waals surface area contributed by atoms with Crippen LogP contribution in [0.25, 0.3) is 0 Å². The van der Waals surface area contributed by atoms with Gasteiger partial charge in [-0.05, 0) is 37.3 Å². The molecule has 0 fully saturated rings. The summed E-state index contributed by atoms with van der Waals surface area (Å²) in [6.07, 6.45) is 2.64. The van der Waals surface area contributed by atoms with Gasteiger partial charge in [0.05, 0.1) is 31.6 Å². The number of nitrogens with one attached hydrogen (secondary N) is 1. The number of ether oxygens (including phenoxy) is 1. The maximum Gasteiger partial charge on any atom is 0.251 e. The summed E-state index contributed by atoms with van der Waals surface area (Å²) in [4.78, 5) is 12.5. The van der Waals surface area contributed by atoms with Crippen molar-refractivity contribution in [2.24, 2.45) is 0 Å². The van der Waals surface area contributed by atoms with Crippen molar-refractivity contribution in [3.8, 4) is 5.75 Å². The minimum atomic E-state index is -3.43. The van der Waals surface area contributed by atoms with Crippen LogP contribution in [0, 0.1) is 0 Å². The Bertz CT molecular complexity index is 908. The molecule has 0 aliphatic carbocycles. The molecule has 0 unspecified atom stereocenters. The normalized spacial score (nSPS) is 12.1. The molecule has 0 aromatic heterocycles. The zero-order valence-corrected chi connectivity index (χ0v) is 16.5. The molecule has 2 aromatic carbocycles. The van der Waals surface area contributed by atoms with E-state index in [4.69, 9.17) is 4.74 Å². The summed E-state index contributed by atoms with van der Waals surface area (Å²) in [6, 6.07) is 13.6. The molecule has 0 aliphatic rings. The van der Waals surface area contributed by atoms with Gasteiger partial charge in [-0.15, -0.1) is 6.58 Å². The highest BCUT2D eigenvalue weighted by Crippen LogP contribution is 2.25. The third-order valence-corrected chi connectivity index (χ3v) is 5.23. The Morgan fingerprint density at radius 3 is 2.41 bits per heavy atom. The van der Waals surface area contributed by atoms with Crippen LogP contribution in [0.4, 0.5) is 5.69 Å². The minimum Gasteiger partial charge on any atom is -0.496 e. The van der Waals surface area contributed by atoms with E-state index in [9.17, 15) is 13.2 Å². The van der Waals surface area contributed by atoms with Gasteiger partial charge < -0.3 is 10.1 Å². The standard InChI is InChI=1S/C20H24N2O4S/c1-5-14-22(27(4,24)25)17-12-10-16(11-13-17)20(23)21-15(2)18-8-6-7-9-19(18)26-3/h5-13,15H,1,14H2,2-4H3,(H,21,23)/t15-/m0/s1. The zero-order chi connectivity index (χ0) is 20.0. The van der Waals surface area contributed by atoms with Crippen LogP contribution in [-0.4, -0.2) is 34.2 Å². The second-order valence-corrected chi connectivity index (χ2v) is 7.97. The number of carbonyl (C=O) groups excluding carboxylic acids is 1. The van der Waals surface area contributed by atoms with Crippen molar-refractivity contribution in [1.82, 2.24) is 5.32 Å². The largest absolute Gasteiger partial charge is 0.496 e. The van der Waals surface area contributed by atoms with Crippen molar-refractivity contribution < 1.29 is 17.9 Å². The molecule has 27 heavy (non-hydrogen) atoms. The fourth-order valence-electron chi connectivity index (χ4n) is 2.71. The Hall–Kier alpha value is -2.80. The molecule has 0 saturated carbocycles. The second kappa shape index (κ2) is 8.73. The number of sulfonamides is 1. The van der Waals surface area contributed by atoms with E-state index in [2.05, 4.69) is 11.9 Å². The Labute approximate surface area is 160 Å². The number of benzene rings is 2. The van der Waals surface area contributed by atoms with Gasteiger partial charge in [-0.1, -0.05) is 24.3 Å². The van der Waals surface area contributed by atoms with Crippen molar-refractivity contribution >= 4 is 21.6 Å². The second-order valence-electron chi connectivity index (χ2n) is 6.07. The van der Waals surface area contributed by atoms with Crippen LogP contribution in [-0.2, 0) is 10.0 Å². The van der Waals surface area contributed by atoms with Crippen molar-refractivity contribution in [3.05, 3.63) is 72.3 Å². The molecular formula is C20H24N2O4S.